The predicted molar refractivity (Wildman–Crippen MR) is 88.3 cm³/mol. The monoisotopic (exact) mass is 286 g/mol. The minimum atomic E-state index is -1.42. The molecule has 1 aromatic rings. The summed E-state index contributed by atoms with van der Waals surface area (Å²) in [5.74, 6) is 3.56. The van der Waals surface area contributed by atoms with Gasteiger partial charge in [0.05, 0.1) is 0 Å². The van der Waals surface area contributed by atoms with Crippen LogP contribution in [0.25, 0.3) is 0 Å². The maximum atomic E-state index is 6.06. The van der Waals surface area contributed by atoms with Crippen LogP contribution in [0, 0.1) is 11.5 Å². The molecule has 20 heavy (non-hydrogen) atoms. The third-order valence-electron chi connectivity index (χ3n) is 4.93. The number of hydrogen-bond donors (Lipinski definition) is 0. The lowest BCUT2D eigenvalue weighted by Crippen LogP contribution is -2.30. The summed E-state index contributed by atoms with van der Waals surface area (Å²) in [6, 6.07) is 14.2. The van der Waals surface area contributed by atoms with Crippen molar-refractivity contribution in [3.63, 3.8) is 0 Å². The van der Waals surface area contributed by atoms with E-state index < -0.39 is 8.07 Å². The van der Waals surface area contributed by atoms with Gasteiger partial charge in [0.1, 0.15) is 13.7 Å². The van der Waals surface area contributed by atoms with E-state index in [0.29, 0.717) is 0 Å². The summed E-state index contributed by atoms with van der Waals surface area (Å²) < 4.78 is 6.06. The Kier molecular flexibility index (Phi) is 4.13. The average Bonchev–Trinajstić information content (AvgIpc) is 3.05. The molecule has 0 saturated carbocycles. The smallest absolute Gasteiger partial charge is 0.182 e. The summed E-state index contributed by atoms with van der Waals surface area (Å²) >= 11 is 0. The summed E-state index contributed by atoms with van der Waals surface area (Å²) in [4.78, 5) is 0. The molecular formula is C18H26OSi. The molecule has 1 aliphatic heterocycles. The fourth-order valence-corrected chi connectivity index (χ4v) is 5.39. The zero-order chi connectivity index (χ0) is 14.9. The molecule has 1 saturated heterocycles. The molecule has 1 atom stereocenters. The summed E-state index contributed by atoms with van der Waals surface area (Å²) in [6.07, 6.45) is 0. The molecule has 0 bridgehead atoms. The first-order valence-electron chi connectivity index (χ1n) is 7.75. The van der Waals surface area contributed by atoms with Crippen molar-refractivity contribution in [3.8, 4) is 11.5 Å². The van der Waals surface area contributed by atoms with Gasteiger partial charge in [-0.3, -0.25) is 0 Å². The van der Waals surface area contributed by atoms with Crippen LogP contribution < -0.4 is 0 Å². The van der Waals surface area contributed by atoms with Crippen molar-refractivity contribution in [3.05, 3.63) is 35.9 Å². The fourth-order valence-electron chi connectivity index (χ4n) is 2.92. The number of benzene rings is 1. The topological polar surface area (TPSA) is 12.5 Å². The molecule has 0 aliphatic carbocycles. The second kappa shape index (κ2) is 5.39. The normalized spacial score (nSPS) is 23.9. The minimum Gasteiger partial charge on any atom is -0.345 e. The standard InChI is InChI=1S/C18H26OSi/c1-6-20(7-2,8-3)15-14-18(17(4,5)19-18)16-12-10-9-11-13-16/h9-13H,6-8H2,1-5H3. The Morgan fingerprint density at radius 2 is 1.50 bits per heavy atom. The summed E-state index contributed by atoms with van der Waals surface area (Å²) in [5.41, 5.74) is 4.35. The highest BCUT2D eigenvalue weighted by Crippen LogP contribution is 2.55. The maximum absolute atomic E-state index is 6.06. The van der Waals surface area contributed by atoms with Crippen LogP contribution >= 0.6 is 0 Å². The lowest BCUT2D eigenvalue weighted by molar-refractivity contribution is 0.305. The molecule has 0 radical (unpaired) electrons. The van der Waals surface area contributed by atoms with E-state index >= 15 is 0 Å². The van der Waals surface area contributed by atoms with Gasteiger partial charge in [-0.25, -0.2) is 0 Å². The zero-order valence-corrected chi connectivity index (χ0v) is 14.4. The van der Waals surface area contributed by atoms with Crippen LogP contribution in [-0.2, 0) is 10.3 Å². The Labute approximate surface area is 124 Å². The molecule has 1 fully saturated rings. The van der Waals surface area contributed by atoms with E-state index in [0.717, 1.165) is 0 Å². The third kappa shape index (κ3) is 2.45. The van der Waals surface area contributed by atoms with E-state index in [2.05, 4.69) is 70.3 Å². The van der Waals surface area contributed by atoms with Gasteiger partial charge in [0.25, 0.3) is 0 Å². The van der Waals surface area contributed by atoms with Crippen molar-refractivity contribution in [2.24, 2.45) is 0 Å². The second-order valence-electron chi connectivity index (χ2n) is 6.25. The van der Waals surface area contributed by atoms with Gasteiger partial charge in [0.2, 0.25) is 0 Å². The van der Waals surface area contributed by atoms with Crippen molar-refractivity contribution in [1.29, 1.82) is 0 Å². The van der Waals surface area contributed by atoms with E-state index in [1.54, 1.807) is 0 Å². The number of ether oxygens (including phenoxy) is 1. The van der Waals surface area contributed by atoms with Gasteiger partial charge in [0.15, 0.2) is 5.60 Å². The van der Waals surface area contributed by atoms with Crippen LogP contribution in [0.2, 0.25) is 18.1 Å². The van der Waals surface area contributed by atoms with E-state index in [4.69, 9.17) is 4.74 Å². The molecule has 1 unspecified atom stereocenters. The molecule has 108 valence electrons. The van der Waals surface area contributed by atoms with Gasteiger partial charge >= 0.3 is 0 Å². The van der Waals surface area contributed by atoms with E-state index in [1.165, 1.54) is 23.7 Å². The molecule has 0 aromatic heterocycles. The van der Waals surface area contributed by atoms with Crippen molar-refractivity contribution >= 4 is 8.07 Å². The van der Waals surface area contributed by atoms with Crippen molar-refractivity contribution in [1.82, 2.24) is 0 Å². The Bertz CT molecular complexity index is 511. The third-order valence-corrected chi connectivity index (χ3v) is 9.64. The van der Waals surface area contributed by atoms with Crippen LogP contribution in [0.1, 0.15) is 40.2 Å². The molecule has 0 amide bonds. The lowest BCUT2D eigenvalue weighted by atomic mass is 9.89. The molecule has 2 rings (SSSR count). The van der Waals surface area contributed by atoms with Gasteiger partial charge in [-0.1, -0.05) is 57.0 Å². The second-order valence-corrected chi connectivity index (χ2v) is 11.2. The van der Waals surface area contributed by atoms with Gasteiger partial charge in [-0.15, -0.1) is 5.54 Å². The molecule has 1 aliphatic rings. The van der Waals surface area contributed by atoms with Crippen LogP contribution in [0.3, 0.4) is 0 Å². The SMILES string of the molecule is CC[Si](C#CC1(c2ccccc2)OC1(C)C)(CC)CC. The largest absolute Gasteiger partial charge is 0.345 e. The van der Waals surface area contributed by atoms with Crippen molar-refractivity contribution in [2.45, 2.75) is 64.0 Å². The minimum absolute atomic E-state index is 0.170. The summed E-state index contributed by atoms with van der Waals surface area (Å²) in [5, 5.41) is 0. The first-order valence-corrected chi connectivity index (χ1v) is 10.4. The molecule has 0 N–H and O–H groups in total. The number of hydrogen-bond acceptors (Lipinski definition) is 1. The lowest BCUT2D eigenvalue weighted by Gasteiger charge is -2.21. The Morgan fingerprint density at radius 3 is 1.90 bits per heavy atom. The Balaban J connectivity index is 2.40. The van der Waals surface area contributed by atoms with Crippen molar-refractivity contribution in [2.75, 3.05) is 0 Å². The van der Waals surface area contributed by atoms with E-state index in [9.17, 15) is 0 Å². The highest BCUT2D eigenvalue weighted by Gasteiger charge is 2.64. The van der Waals surface area contributed by atoms with Crippen molar-refractivity contribution < 1.29 is 4.74 Å². The molecule has 2 heteroatoms. The summed E-state index contributed by atoms with van der Waals surface area (Å²) in [6.45, 7) is 11.2. The molecule has 1 aromatic carbocycles. The predicted octanol–water partition coefficient (Wildman–Crippen LogP) is 4.74. The van der Waals surface area contributed by atoms with Gasteiger partial charge in [-0.05, 0) is 37.5 Å². The van der Waals surface area contributed by atoms with E-state index in [-0.39, 0.29) is 11.2 Å². The average molecular weight is 286 g/mol. The molecule has 0 spiro atoms. The van der Waals surface area contributed by atoms with Gasteiger partial charge in [0, 0.05) is 0 Å². The quantitative estimate of drug-likeness (QED) is 0.442. The molecule has 1 heterocycles. The van der Waals surface area contributed by atoms with Crippen LogP contribution in [-0.4, -0.2) is 13.7 Å². The van der Waals surface area contributed by atoms with Crippen LogP contribution in [0.5, 0.6) is 0 Å². The Morgan fingerprint density at radius 1 is 1.00 bits per heavy atom. The van der Waals surface area contributed by atoms with Gasteiger partial charge in [-0.2, -0.15) is 0 Å². The summed E-state index contributed by atoms with van der Waals surface area (Å²) in [7, 11) is -1.42. The molecule has 1 nitrogen and oxygen atoms in total. The zero-order valence-electron chi connectivity index (χ0n) is 13.4. The molecular weight excluding hydrogens is 260 g/mol. The highest BCUT2D eigenvalue weighted by atomic mass is 28.3. The van der Waals surface area contributed by atoms with Crippen LogP contribution in [0.4, 0.5) is 0 Å². The van der Waals surface area contributed by atoms with Crippen LogP contribution in [0.15, 0.2) is 30.3 Å². The highest BCUT2D eigenvalue weighted by molar-refractivity contribution is 6.87. The first-order chi connectivity index (χ1) is 9.45. The number of rotatable bonds is 4. The Hall–Kier alpha value is -1.04. The van der Waals surface area contributed by atoms with Gasteiger partial charge < -0.3 is 4.74 Å². The number of epoxide rings is 1. The first kappa shape index (κ1) is 15.3. The fraction of sp³-hybridized carbons (Fsp3) is 0.556. The maximum Gasteiger partial charge on any atom is 0.182 e. The van der Waals surface area contributed by atoms with E-state index in [1.807, 2.05) is 6.07 Å².